The summed E-state index contributed by atoms with van der Waals surface area (Å²) in [5.41, 5.74) is 0.584. The first-order valence-corrected chi connectivity index (χ1v) is 14.7. The van der Waals surface area contributed by atoms with E-state index in [0.29, 0.717) is 0 Å². The molecule has 0 fully saturated rings. The van der Waals surface area contributed by atoms with Crippen molar-refractivity contribution in [3.05, 3.63) is 136 Å². The predicted molar refractivity (Wildman–Crippen MR) is 159 cm³/mol. The Labute approximate surface area is 248 Å². The second kappa shape index (κ2) is 13.7. The van der Waals surface area contributed by atoms with Gasteiger partial charge in [-0.3, -0.25) is 24.0 Å². The summed E-state index contributed by atoms with van der Waals surface area (Å²) in [6.45, 7) is -1.10. The van der Waals surface area contributed by atoms with E-state index >= 15 is 0 Å². The monoisotopic (exact) mass is 604 g/mol. The lowest BCUT2D eigenvalue weighted by atomic mass is 10.0. The molecule has 0 aliphatic rings. The lowest BCUT2D eigenvalue weighted by molar-refractivity contribution is -0.384. The van der Waals surface area contributed by atoms with Crippen molar-refractivity contribution >= 4 is 33.2 Å². The molecule has 0 saturated carbocycles. The molecule has 4 aromatic rings. The number of likely N-dealkylation sites (N-methyl/N-ethyl adjacent to an activating group) is 1. The fraction of sp³-hybridized carbons (Fsp3) is 0.161. The van der Waals surface area contributed by atoms with Crippen molar-refractivity contribution in [1.82, 2.24) is 10.2 Å². The molecule has 0 bridgehead atoms. The maximum atomic E-state index is 14.8. The Morgan fingerprint density at radius 3 is 2.05 bits per heavy atom. The molecule has 1 atom stereocenters. The molecule has 0 aliphatic heterocycles. The smallest absolute Gasteiger partial charge is 0.269 e. The molecule has 0 unspecified atom stereocenters. The van der Waals surface area contributed by atoms with E-state index in [0.717, 1.165) is 26.9 Å². The maximum absolute atomic E-state index is 14.8. The highest BCUT2D eigenvalue weighted by atomic mass is 32.2. The van der Waals surface area contributed by atoms with E-state index in [4.69, 9.17) is 0 Å². The third-order valence-corrected chi connectivity index (χ3v) is 8.56. The van der Waals surface area contributed by atoms with E-state index in [1.54, 1.807) is 42.5 Å². The number of anilines is 1. The van der Waals surface area contributed by atoms with Gasteiger partial charge in [0.2, 0.25) is 11.8 Å². The number of nitrogens with zero attached hydrogens (tertiary/aromatic N) is 3. The van der Waals surface area contributed by atoms with Crippen LogP contribution in [0.3, 0.4) is 0 Å². The molecule has 222 valence electrons. The van der Waals surface area contributed by atoms with Gasteiger partial charge in [-0.2, -0.15) is 0 Å². The highest BCUT2D eigenvalue weighted by Gasteiger charge is 2.34. The summed E-state index contributed by atoms with van der Waals surface area (Å²) < 4.78 is 43.4. The molecule has 10 nitrogen and oxygen atoms in total. The summed E-state index contributed by atoms with van der Waals surface area (Å²) in [5.74, 6) is -1.91. The van der Waals surface area contributed by atoms with Crippen LogP contribution in [0.4, 0.5) is 15.8 Å². The lowest BCUT2D eigenvalue weighted by Crippen LogP contribution is -2.53. The SMILES string of the molecule is CNC(=O)[C@@H](Cc1ccccc1)N(Cc1ccccc1F)C(=O)CN(c1ccc([N+](=O)[O-])cc1)S(=O)(=O)c1ccccc1. The molecule has 12 heteroatoms. The van der Waals surface area contributed by atoms with E-state index in [2.05, 4.69) is 5.32 Å². The van der Waals surface area contributed by atoms with Gasteiger partial charge < -0.3 is 10.2 Å². The Hall–Kier alpha value is -5.10. The fourth-order valence-electron chi connectivity index (χ4n) is 4.52. The predicted octanol–water partition coefficient (Wildman–Crippen LogP) is 4.32. The molecule has 4 aromatic carbocycles. The average Bonchev–Trinajstić information content (AvgIpc) is 3.02. The quantitative estimate of drug-likeness (QED) is 0.189. The van der Waals surface area contributed by atoms with E-state index < -0.39 is 45.2 Å². The van der Waals surface area contributed by atoms with Crippen LogP contribution in [0.1, 0.15) is 11.1 Å². The zero-order valence-corrected chi connectivity index (χ0v) is 24.0. The third-order valence-electron chi connectivity index (χ3n) is 6.77. The van der Waals surface area contributed by atoms with Crippen molar-refractivity contribution < 1.29 is 27.3 Å². The minimum absolute atomic E-state index is 0.00630. The van der Waals surface area contributed by atoms with Gasteiger partial charge >= 0.3 is 0 Å². The minimum Gasteiger partial charge on any atom is -0.357 e. The molecular weight excluding hydrogens is 575 g/mol. The van der Waals surface area contributed by atoms with Crippen LogP contribution < -0.4 is 9.62 Å². The van der Waals surface area contributed by atoms with Crippen LogP contribution in [0.25, 0.3) is 0 Å². The summed E-state index contributed by atoms with van der Waals surface area (Å²) >= 11 is 0. The highest BCUT2D eigenvalue weighted by Crippen LogP contribution is 2.27. The first-order chi connectivity index (χ1) is 20.6. The fourth-order valence-corrected chi connectivity index (χ4v) is 5.95. The van der Waals surface area contributed by atoms with Crippen LogP contribution in [0.15, 0.2) is 114 Å². The van der Waals surface area contributed by atoms with Crippen molar-refractivity contribution in [1.29, 1.82) is 0 Å². The topological polar surface area (TPSA) is 130 Å². The van der Waals surface area contributed by atoms with Gasteiger partial charge in [0.05, 0.1) is 15.5 Å². The average molecular weight is 605 g/mol. The number of nitro groups is 1. The molecule has 0 heterocycles. The summed E-state index contributed by atoms with van der Waals surface area (Å²) in [4.78, 5) is 39.0. The summed E-state index contributed by atoms with van der Waals surface area (Å²) in [5, 5.41) is 13.8. The molecule has 0 radical (unpaired) electrons. The second-order valence-electron chi connectivity index (χ2n) is 9.53. The number of nitro benzene ring substituents is 1. The van der Waals surface area contributed by atoms with Gasteiger partial charge in [0.15, 0.2) is 0 Å². The molecule has 0 spiro atoms. The zero-order chi connectivity index (χ0) is 31.0. The highest BCUT2D eigenvalue weighted by molar-refractivity contribution is 7.92. The van der Waals surface area contributed by atoms with Crippen LogP contribution in [0.5, 0.6) is 0 Å². The minimum atomic E-state index is -4.37. The number of sulfonamides is 1. The van der Waals surface area contributed by atoms with Crippen LogP contribution in [0.2, 0.25) is 0 Å². The standard InChI is InChI=1S/C31H29FN4O6S/c1-33-31(38)29(20-23-10-4-2-5-11-23)34(21-24-12-8-9-15-28(24)32)30(37)22-35(25-16-18-26(19-17-25)36(39)40)43(41,42)27-13-6-3-7-14-27/h2-19,29H,20-22H2,1H3,(H,33,38)/t29-/m1/s1. The number of carbonyl (C=O) groups is 2. The van der Waals surface area contributed by atoms with Crippen LogP contribution in [-0.2, 0) is 32.6 Å². The van der Waals surface area contributed by atoms with Gasteiger partial charge in [-0.05, 0) is 35.9 Å². The summed E-state index contributed by atoms with van der Waals surface area (Å²) in [6, 6.07) is 25.7. The van der Waals surface area contributed by atoms with E-state index in [1.165, 1.54) is 61.6 Å². The number of amides is 2. The van der Waals surface area contributed by atoms with E-state index in [1.807, 2.05) is 0 Å². The van der Waals surface area contributed by atoms with Crippen molar-refractivity contribution in [3.8, 4) is 0 Å². The van der Waals surface area contributed by atoms with Crippen molar-refractivity contribution in [2.45, 2.75) is 23.9 Å². The van der Waals surface area contributed by atoms with Gasteiger partial charge in [-0.15, -0.1) is 0 Å². The van der Waals surface area contributed by atoms with Crippen LogP contribution in [-0.4, -0.2) is 49.7 Å². The number of hydrogen-bond donors (Lipinski definition) is 1. The number of nitrogens with one attached hydrogen (secondary N) is 1. The molecule has 0 aromatic heterocycles. The third kappa shape index (κ3) is 7.41. The molecule has 0 aliphatic carbocycles. The number of rotatable bonds is 12. The molecular formula is C31H29FN4O6S. The number of non-ortho nitro benzene ring substituents is 1. The van der Waals surface area contributed by atoms with Gasteiger partial charge in [0, 0.05) is 37.7 Å². The first-order valence-electron chi connectivity index (χ1n) is 13.2. The van der Waals surface area contributed by atoms with Crippen molar-refractivity contribution in [2.75, 3.05) is 17.9 Å². The van der Waals surface area contributed by atoms with Gasteiger partial charge in [-0.25, -0.2) is 12.8 Å². The van der Waals surface area contributed by atoms with Crippen LogP contribution in [0, 0.1) is 15.9 Å². The first kappa shape index (κ1) is 30.8. The Bertz CT molecular complexity index is 1690. The number of carbonyl (C=O) groups excluding carboxylic acids is 2. The lowest BCUT2D eigenvalue weighted by Gasteiger charge is -2.33. The second-order valence-corrected chi connectivity index (χ2v) is 11.4. The number of hydrogen-bond acceptors (Lipinski definition) is 6. The van der Waals surface area contributed by atoms with Gasteiger partial charge in [-0.1, -0.05) is 66.7 Å². The van der Waals surface area contributed by atoms with Crippen molar-refractivity contribution in [2.24, 2.45) is 0 Å². The van der Waals surface area contributed by atoms with Crippen molar-refractivity contribution in [3.63, 3.8) is 0 Å². The summed E-state index contributed by atoms with van der Waals surface area (Å²) in [6.07, 6.45) is 0.0731. The van der Waals surface area contributed by atoms with Crippen LogP contribution >= 0.6 is 0 Å². The molecule has 0 saturated heterocycles. The zero-order valence-electron chi connectivity index (χ0n) is 23.2. The molecule has 4 rings (SSSR count). The Kier molecular flexibility index (Phi) is 9.83. The molecule has 43 heavy (non-hydrogen) atoms. The molecule has 1 N–H and O–H groups in total. The Balaban J connectivity index is 1.80. The summed E-state index contributed by atoms with van der Waals surface area (Å²) in [7, 11) is -2.95. The Morgan fingerprint density at radius 1 is 0.884 bits per heavy atom. The van der Waals surface area contributed by atoms with E-state index in [9.17, 15) is 32.5 Å². The number of halogens is 1. The Morgan fingerprint density at radius 2 is 1.47 bits per heavy atom. The number of benzene rings is 4. The largest absolute Gasteiger partial charge is 0.357 e. The normalized spacial score (nSPS) is 11.8. The van der Waals surface area contributed by atoms with E-state index in [-0.39, 0.29) is 34.8 Å². The van der Waals surface area contributed by atoms with Gasteiger partial charge in [0.1, 0.15) is 18.4 Å². The van der Waals surface area contributed by atoms with Gasteiger partial charge in [0.25, 0.3) is 15.7 Å². The molecule has 2 amide bonds. The maximum Gasteiger partial charge on any atom is 0.269 e.